The van der Waals surface area contributed by atoms with Crippen molar-refractivity contribution >= 4 is 17.6 Å². The third-order valence-corrected chi connectivity index (χ3v) is 4.74. The molecule has 3 N–H and O–H groups in total. The Morgan fingerprint density at radius 1 is 1.12 bits per heavy atom. The lowest BCUT2D eigenvalue weighted by molar-refractivity contribution is -0.134. The van der Waals surface area contributed by atoms with Gasteiger partial charge in [-0.25, -0.2) is 4.79 Å². The molecular weight excluding hydrogens is 304 g/mol. The number of nitrogens with one attached hydrogen (secondary N) is 1. The largest absolute Gasteiger partial charge is 0.368 e. The van der Waals surface area contributed by atoms with Gasteiger partial charge in [0.05, 0.1) is 0 Å². The molecule has 3 amide bonds. The Kier molecular flexibility index (Phi) is 5.70. The highest BCUT2D eigenvalue weighted by atomic mass is 16.2. The van der Waals surface area contributed by atoms with E-state index in [-0.39, 0.29) is 11.8 Å². The molecule has 0 radical (unpaired) electrons. The first-order valence-electron chi connectivity index (χ1n) is 8.47. The first-order chi connectivity index (χ1) is 11.3. The van der Waals surface area contributed by atoms with Crippen LogP contribution in [0.4, 0.5) is 10.5 Å². The van der Waals surface area contributed by atoms with E-state index in [4.69, 9.17) is 5.73 Å². The number of hydrogen-bond donors (Lipinski definition) is 2. The zero-order valence-corrected chi connectivity index (χ0v) is 15.0. The van der Waals surface area contributed by atoms with Gasteiger partial charge < -0.3 is 20.9 Å². The van der Waals surface area contributed by atoms with Gasteiger partial charge in [-0.1, -0.05) is 26.0 Å². The predicted molar refractivity (Wildman–Crippen MR) is 96.1 cm³/mol. The Bertz CT molecular complexity index is 607. The summed E-state index contributed by atoms with van der Waals surface area (Å²) in [5.74, 6) is -0.0496. The summed E-state index contributed by atoms with van der Waals surface area (Å²) in [4.78, 5) is 28.0. The maximum absolute atomic E-state index is 12.7. The molecule has 0 spiro atoms. The van der Waals surface area contributed by atoms with Gasteiger partial charge in [-0.2, -0.15) is 0 Å². The van der Waals surface area contributed by atoms with Crippen LogP contribution in [0.5, 0.6) is 0 Å². The molecule has 1 atom stereocenters. The summed E-state index contributed by atoms with van der Waals surface area (Å²) in [6.45, 7) is 10.9. The second-order valence-electron chi connectivity index (χ2n) is 6.76. The number of nitrogens with zero attached hydrogens (tertiary/aromatic N) is 2. The number of piperazine rings is 1. The summed E-state index contributed by atoms with van der Waals surface area (Å²) in [5, 5.41) is 2.57. The normalized spacial score (nSPS) is 16.2. The quantitative estimate of drug-likeness (QED) is 0.880. The minimum Gasteiger partial charge on any atom is -0.368 e. The van der Waals surface area contributed by atoms with Gasteiger partial charge >= 0.3 is 6.03 Å². The van der Waals surface area contributed by atoms with Gasteiger partial charge in [0.25, 0.3) is 0 Å². The summed E-state index contributed by atoms with van der Waals surface area (Å²) in [7, 11) is 0. The molecule has 1 saturated heterocycles. The second-order valence-corrected chi connectivity index (χ2v) is 6.76. The average molecular weight is 332 g/mol. The maximum Gasteiger partial charge on any atom is 0.312 e. The number of amides is 3. The van der Waals surface area contributed by atoms with Crippen LogP contribution in [0.3, 0.4) is 0 Å². The van der Waals surface area contributed by atoms with Crippen molar-refractivity contribution in [2.75, 3.05) is 31.1 Å². The van der Waals surface area contributed by atoms with Crippen LogP contribution in [0, 0.1) is 19.8 Å². The number of anilines is 1. The minimum atomic E-state index is -0.656. The van der Waals surface area contributed by atoms with E-state index in [2.05, 4.69) is 42.3 Å². The van der Waals surface area contributed by atoms with E-state index in [1.807, 2.05) is 18.7 Å². The Morgan fingerprint density at radius 2 is 1.75 bits per heavy atom. The van der Waals surface area contributed by atoms with Crippen molar-refractivity contribution in [3.05, 3.63) is 29.3 Å². The van der Waals surface area contributed by atoms with Crippen LogP contribution >= 0.6 is 0 Å². The molecule has 1 aliphatic heterocycles. The Morgan fingerprint density at radius 3 is 2.29 bits per heavy atom. The fourth-order valence-electron chi connectivity index (χ4n) is 3.11. The van der Waals surface area contributed by atoms with Gasteiger partial charge in [-0.3, -0.25) is 4.79 Å². The van der Waals surface area contributed by atoms with Gasteiger partial charge in [0.1, 0.15) is 6.04 Å². The van der Waals surface area contributed by atoms with E-state index in [9.17, 15) is 9.59 Å². The average Bonchev–Trinajstić information content (AvgIpc) is 2.54. The topological polar surface area (TPSA) is 78.7 Å². The first-order valence-corrected chi connectivity index (χ1v) is 8.47. The van der Waals surface area contributed by atoms with Crippen molar-refractivity contribution in [1.82, 2.24) is 10.2 Å². The standard InChI is InChI=1S/C18H28N4O2/c1-12(2)16(20-18(19)24)17(23)22-10-8-21(9-11-22)15-7-5-6-13(3)14(15)4/h5-7,12,16H,8-11H2,1-4H3,(H3,19,20,24). The van der Waals surface area contributed by atoms with Crippen molar-refractivity contribution in [3.8, 4) is 0 Å². The molecule has 1 unspecified atom stereocenters. The van der Waals surface area contributed by atoms with Gasteiger partial charge in [0.2, 0.25) is 5.91 Å². The fourth-order valence-corrected chi connectivity index (χ4v) is 3.11. The van der Waals surface area contributed by atoms with Crippen LogP contribution in [-0.4, -0.2) is 49.1 Å². The predicted octanol–water partition coefficient (Wildman–Crippen LogP) is 1.64. The summed E-state index contributed by atoms with van der Waals surface area (Å²) in [5.41, 5.74) is 8.99. The van der Waals surface area contributed by atoms with Crippen LogP contribution in [0.15, 0.2) is 18.2 Å². The van der Waals surface area contributed by atoms with Crippen LogP contribution in [0.1, 0.15) is 25.0 Å². The lowest BCUT2D eigenvalue weighted by Gasteiger charge is -2.38. The molecule has 1 fully saturated rings. The van der Waals surface area contributed by atoms with Gasteiger partial charge in [0.15, 0.2) is 0 Å². The molecule has 0 aliphatic carbocycles. The molecule has 1 heterocycles. The molecule has 2 rings (SSSR count). The molecular formula is C18H28N4O2. The van der Waals surface area contributed by atoms with Crippen LogP contribution < -0.4 is 16.0 Å². The number of primary amides is 1. The van der Waals surface area contributed by atoms with E-state index in [0.29, 0.717) is 13.1 Å². The zero-order chi connectivity index (χ0) is 17.9. The molecule has 1 aromatic rings. The lowest BCUT2D eigenvalue weighted by atomic mass is 10.0. The maximum atomic E-state index is 12.7. The second kappa shape index (κ2) is 7.55. The first kappa shape index (κ1) is 18.1. The third-order valence-electron chi connectivity index (χ3n) is 4.74. The van der Waals surface area contributed by atoms with E-state index in [1.54, 1.807) is 0 Å². The number of hydrogen-bond acceptors (Lipinski definition) is 3. The Labute approximate surface area is 144 Å². The van der Waals surface area contributed by atoms with E-state index in [0.717, 1.165) is 13.1 Å². The molecule has 1 aliphatic rings. The van der Waals surface area contributed by atoms with Gasteiger partial charge in [-0.05, 0) is 37.0 Å². The number of benzene rings is 1. The minimum absolute atomic E-state index is 0.00190. The molecule has 0 bridgehead atoms. The highest BCUT2D eigenvalue weighted by Gasteiger charge is 2.30. The molecule has 132 valence electrons. The summed E-state index contributed by atoms with van der Waals surface area (Å²) >= 11 is 0. The van der Waals surface area contributed by atoms with Crippen molar-refractivity contribution in [3.63, 3.8) is 0 Å². The van der Waals surface area contributed by atoms with E-state index in [1.165, 1.54) is 16.8 Å². The third kappa shape index (κ3) is 3.99. The number of rotatable bonds is 4. The molecule has 1 aromatic carbocycles. The van der Waals surface area contributed by atoms with Crippen molar-refractivity contribution in [1.29, 1.82) is 0 Å². The smallest absolute Gasteiger partial charge is 0.312 e. The van der Waals surface area contributed by atoms with Gasteiger partial charge in [-0.15, -0.1) is 0 Å². The van der Waals surface area contributed by atoms with Crippen LogP contribution in [0.2, 0.25) is 0 Å². The number of carbonyl (C=O) groups excluding carboxylic acids is 2. The van der Waals surface area contributed by atoms with E-state index >= 15 is 0 Å². The molecule has 6 heteroatoms. The Hall–Kier alpha value is -2.24. The Balaban J connectivity index is 2.02. The van der Waals surface area contributed by atoms with Gasteiger partial charge in [0, 0.05) is 31.9 Å². The number of aryl methyl sites for hydroxylation is 1. The molecule has 6 nitrogen and oxygen atoms in total. The SMILES string of the molecule is Cc1cccc(N2CCN(C(=O)C(NC(N)=O)C(C)C)CC2)c1C. The number of carbonyl (C=O) groups is 2. The van der Waals surface area contributed by atoms with Crippen molar-refractivity contribution in [2.24, 2.45) is 11.7 Å². The van der Waals surface area contributed by atoms with Crippen LogP contribution in [-0.2, 0) is 4.79 Å². The molecule has 0 saturated carbocycles. The zero-order valence-electron chi connectivity index (χ0n) is 15.0. The van der Waals surface area contributed by atoms with Crippen LogP contribution in [0.25, 0.3) is 0 Å². The monoisotopic (exact) mass is 332 g/mol. The van der Waals surface area contributed by atoms with E-state index < -0.39 is 12.1 Å². The van der Waals surface area contributed by atoms with Crippen molar-refractivity contribution < 1.29 is 9.59 Å². The summed E-state index contributed by atoms with van der Waals surface area (Å²) in [6.07, 6.45) is 0. The number of nitrogens with two attached hydrogens (primary N) is 1. The van der Waals surface area contributed by atoms with Crippen molar-refractivity contribution in [2.45, 2.75) is 33.7 Å². The number of urea groups is 1. The highest BCUT2D eigenvalue weighted by molar-refractivity contribution is 5.87. The summed E-state index contributed by atoms with van der Waals surface area (Å²) in [6, 6.07) is 5.10. The molecule has 24 heavy (non-hydrogen) atoms. The molecule has 0 aromatic heterocycles. The summed E-state index contributed by atoms with van der Waals surface area (Å²) < 4.78 is 0. The highest BCUT2D eigenvalue weighted by Crippen LogP contribution is 2.24. The fraction of sp³-hybridized carbons (Fsp3) is 0.556. The lowest BCUT2D eigenvalue weighted by Crippen LogP contribution is -2.57.